The maximum absolute atomic E-state index is 11.9. The molecule has 1 heterocycles. The van der Waals surface area contributed by atoms with Gasteiger partial charge in [0.15, 0.2) is 0 Å². The first-order valence-electron chi connectivity index (χ1n) is 6.18. The number of benzene rings is 1. The van der Waals surface area contributed by atoms with E-state index >= 15 is 0 Å². The monoisotopic (exact) mass is 294 g/mol. The van der Waals surface area contributed by atoms with E-state index in [4.69, 9.17) is 16.7 Å². The second kappa shape index (κ2) is 5.96. The minimum Gasteiger partial charge on any atom is -0.478 e. The highest BCUT2D eigenvalue weighted by Crippen LogP contribution is 2.20. The van der Waals surface area contributed by atoms with Gasteiger partial charge in [-0.2, -0.15) is 0 Å². The number of amides is 2. The summed E-state index contributed by atoms with van der Waals surface area (Å²) in [5.41, 5.74) is 2.19. The average molecular weight is 295 g/mol. The number of nitrogens with zero attached hydrogens (tertiary/aromatic N) is 1. The highest BCUT2D eigenvalue weighted by Gasteiger charge is 2.21. The fraction of sp³-hybridized carbons (Fsp3) is 0.286. The van der Waals surface area contributed by atoms with E-state index in [-0.39, 0.29) is 18.1 Å². The van der Waals surface area contributed by atoms with E-state index in [1.165, 1.54) is 0 Å². The predicted molar refractivity (Wildman–Crippen MR) is 75.9 cm³/mol. The summed E-state index contributed by atoms with van der Waals surface area (Å²) in [6.07, 6.45) is 0.713. The third-order valence-electron chi connectivity index (χ3n) is 3.18. The molecule has 1 aliphatic heterocycles. The van der Waals surface area contributed by atoms with Crippen molar-refractivity contribution in [1.29, 1.82) is 0 Å². The van der Waals surface area contributed by atoms with Crippen LogP contribution in [-0.4, -0.2) is 35.1 Å². The molecule has 5 nitrogen and oxygen atoms in total. The lowest BCUT2D eigenvalue weighted by Crippen LogP contribution is -2.43. The molecule has 0 spiro atoms. The van der Waals surface area contributed by atoms with Crippen LogP contribution in [0.5, 0.6) is 0 Å². The van der Waals surface area contributed by atoms with E-state index in [0.29, 0.717) is 24.5 Å². The number of carboxylic acid groups (broad SMARTS) is 1. The van der Waals surface area contributed by atoms with E-state index in [0.717, 1.165) is 11.1 Å². The molecule has 0 aliphatic carbocycles. The minimum atomic E-state index is -0.965. The number of hydrogen-bond acceptors (Lipinski definition) is 2. The number of nitrogens with one attached hydrogen (secondary N) is 1. The van der Waals surface area contributed by atoms with Crippen LogP contribution in [0.4, 0.5) is 4.79 Å². The maximum atomic E-state index is 11.9. The molecular weight excluding hydrogens is 280 g/mol. The van der Waals surface area contributed by atoms with E-state index in [1.807, 2.05) is 6.07 Å². The molecule has 1 aromatic rings. The second-order valence-corrected chi connectivity index (χ2v) is 5.17. The lowest BCUT2D eigenvalue weighted by Gasteiger charge is -2.29. The largest absolute Gasteiger partial charge is 0.478 e. The number of aromatic carboxylic acids is 1. The van der Waals surface area contributed by atoms with Crippen LogP contribution in [0.3, 0.4) is 0 Å². The summed E-state index contributed by atoms with van der Waals surface area (Å²) in [6, 6.07) is 4.80. The van der Waals surface area contributed by atoms with Gasteiger partial charge in [-0.25, -0.2) is 9.59 Å². The number of carboxylic acids is 1. The Balaban J connectivity index is 2.09. The quantitative estimate of drug-likeness (QED) is 0.898. The Morgan fingerprint density at radius 1 is 1.40 bits per heavy atom. The van der Waals surface area contributed by atoms with Crippen molar-refractivity contribution >= 4 is 23.6 Å². The van der Waals surface area contributed by atoms with Gasteiger partial charge in [-0.15, -0.1) is 0 Å². The van der Waals surface area contributed by atoms with Gasteiger partial charge in [-0.05, 0) is 29.7 Å². The van der Waals surface area contributed by atoms with Gasteiger partial charge in [0.05, 0.1) is 12.1 Å². The molecule has 0 unspecified atom stereocenters. The van der Waals surface area contributed by atoms with Crippen molar-refractivity contribution in [3.8, 4) is 0 Å². The van der Waals surface area contributed by atoms with Crippen molar-refractivity contribution in [3.63, 3.8) is 0 Å². The van der Waals surface area contributed by atoms with Crippen molar-refractivity contribution in [2.45, 2.75) is 13.0 Å². The first-order valence-corrected chi connectivity index (χ1v) is 6.56. The Morgan fingerprint density at radius 2 is 2.15 bits per heavy atom. The summed E-state index contributed by atoms with van der Waals surface area (Å²) < 4.78 is 0. The zero-order chi connectivity index (χ0) is 14.7. The normalized spacial score (nSPS) is 13.6. The molecule has 0 aromatic heterocycles. The lowest BCUT2D eigenvalue weighted by molar-refractivity contribution is 0.0696. The summed E-state index contributed by atoms with van der Waals surface area (Å²) in [7, 11) is 0. The molecule has 106 valence electrons. The Kier molecular flexibility index (Phi) is 4.29. The van der Waals surface area contributed by atoms with Crippen molar-refractivity contribution in [2.24, 2.45) is 0 Å². The fourth-order valence-electron chi connectivity index (χ4n) is 2.15. The first kappa shape index (κ1) is 14.4. The van der Waals surface area contributed by atoms with Crippen LogP contribution < -0.4 is 5.32 Å². The SMILES string of the molecule is C=C(Cl)CNC(=O)N1CCc2ccc(C(=O)O)cc2C1. The van der Waals surface area contributed by atoms with Crippen LogP contribution in [-0.2, 0) is 13.0 Å². The zero-order valence-corrected chi connectivity index (χ0v) is 11.6. The van der Waals surface area contributed by atoms with Crippen molar-refractivity contribution in [3.05, 3.63) is 46.5 Å². The number of fused-ring (bicyclic) bond motifs is 1. The van der Waals surface area contributed by atoms with Crippen LogP contribution in [0, 0.1) is 0 Å². The van der Waals surface area contributed by atoms with Crippen molar-refractivity contribution in [1.82, 2.24) is 10.2 Å². The summed E-state index contributed by atoms with van der Waals surface area (Å²) in [5, 5.41) is 12.0. The van der Waals surface area contributed by atoms with Crippen LogP contribution >= 0.6 is 11.6 Å². The molecule has 0 saturated heterocycles. The lowest BCUT2D eigenvalue weighted by atomic mass is 9.97. The third-order valence-corrected chi connectivity index (χ3v) is 3.32. The highest BCUT2D eigenvalue weighted by molar-refractivity contribution is 6.29. The molecule has 0 radical (unpaired) electrons. The Morgan fingerprint density at radius 3 is 2.80 bits per heavy atom. The molecule has 1 aliphatic rings. The van der Waals surface area contributed by atoms with Gasteiger partial charge in [-0.3, -0.25) is 0 Å². The maximum Gasteiger partial charge on any atom is 0.335 e. The van der Waals surface area contributed by atoms with E-state index in [9.17, 15) is 9.59 Å². The summed E-state index contributed by atoms with van der Waals surface area (Å²) in [4.78, 5) is 24.5. The van der Waals surface area contributed by atoms with Gasteiger partial charge in [0.25, 0.3) is 0 Å². The predicted octanol–water partition coefficient (Wildman–Crippen LogP) is 2.21. The van der Waals surface area contributed by atoms with Gasteiger partial charge in [0.1, 0.15) is 0 Å². The number of carbonyl (C=O) groups excluding carboxylic acids is 1. The first-order chi connectivity index (χ1) is 9.47. The van der Waals surface area contributed by atoms with Crippen LogP contribution in [0.15, 0.2) is 29.8 Å². The third kappa shape index (κ3) is 3.30. The summed E-state index contributed by atoms with van der Waals surface area (Å²) >= 11 is 5.60. The highest BCUT2D eigenvalue weighted by atomic mass is 35.5. The molecule has 2 amide bonds. The summed E-state index contributed by atoms with van der Waals surface area (Å²) in [5.74, 6) is -0.965. The number of halogens is 1. The number of rotatable bonds is 3. The molecule has 0 saturated carbocycles. The van der Waals surface area contributed by atoms with Gasteiger partial charge in [0.2, 0.25) is 0 Å². The molecule has 0 fully saturated rings. The Bertz CT molecular complexity index is 572. The molecule has 2 rings (SSSR count). The zero-order valence-electron chi connectivity index (χ0n) is 10.9. The van der Waals surface area contributed by atoms with Crippen LogP contribution in [0.1, 0.15) is 21.5 Å². The molecule has 6 heteroatoms. The molecule has 2 N–H and O–H groups in total. The van der Waals surface area contributed by atoms with Crippen LogP contribution in [0.25, 0.3) is 0 Å². The molecule has 0 atom stereocenters. The standard InChI is InChI=1S/C14H15ClN2O3/c1-9(15)7-16-14(20)17-5-4-10-2-3-11(13(18)19)6-12(10)8-17/h2-3,6H,1,4-5,7-8H2,(H,16,20)(H,18,19). The molecule has 20 heavy (non-hydrogen) atoms. The fourth-order valence-corrected chi connectivity index (χ4v) is 2.21. The van der Waals surface area contributed by atoms with Gasteiger partial charge < -0.3 is 15.3 Å². The van der Waals surface area contributed by atoms with Gasteiger partial charge in [-0.1, -0.05) is 24.2 Å². The van der Waals surface area contributed by atoms with Crippen LogP contribution in [0.2, 0.25) is 0 Å². The minimum absolute atomic E-state index is 0.221. The smallest absolute Gasteiger partial charge is 0.335 e. The van der Waals surface area contributed by atoms with E-state index < -0.39 is 5.97 Å². The molecular formula is C14H15ClN2O3. The number of urea groups is 1. The number of carbonyl (C=O) groups is 2. The molecule has 1 aromatic carbocycles. The Hall–Kier alpha value is -2.01. The van der Waals surface area contributed by atoms with Crippen molar-refractivity contribution < 1.29 is 14.7 Å². The topological polar surface area (TPSA) is 69.6 Å². The van der Waals surface area contributed by atoms with E-state index in [2.05, 4.69) is 11.9 Å². The van der Waals surface area contributed by atoms with Gasteiger partial charge in [0, 0.05) is 18.1 Å². The van der Waals surface area contributed by atoms with E-state index in [1.54, 1.807) is 17.0 Å². The average Bonchev–Trinajstić information content (AvgIpc) is 2.43. The molecule has 0 bridgehead atoms. The van der Waals surface area contributed by atoms with Gasteiger partial charge >= 0.3 is 12.0 Å². The number of hydrogen-bond donors (Lipinski definition) is 2. The second-order valence-electron chi connectivity index (χ2n) is 4.64. The van der Waals surface area contributed by atoms with Crippen molar-refractivity contribution in [2.75, 3.05) is 13.1 Å². The Labute approximate surface area is 121 Å². The summed E-state index contributed by atoms with van der Waals surface area (Å²) in [6.45, 7) is 4.72.